The molecule has 1 rings (SSSR count). The van der Waals surface area contributed by atoms with Crippen molar-refractivity contribution in [3.8, 4) is 0 Å². The molecule has 0 bridgehead atoms. The van der Waals surface area contributed by atoms with Crippen LogP contribution in [0.15, 0.2) is 12.1 Å². The summed E-state index contributed by atoms with van der Waals surface area (Å²) in [5.41, 5.74) is 6.50. The minimum absolute atomic E-state index is 0.293. The average Bonchev–Trinajstić information content (AvgIpc) is 2.16. The van der Waals surface area contributed by atoms with Crippen LogP contribution in [0.4, 0.5) is 5.82 Å². The van der Waals surface area contributed by atoms with E-state index < -0.39 is 6.10 Å². The molecule has 0 radical (unpaired) electrons. The predicted octanol–water partition coefficient (Wildman–Crippen LogP) is -0.0950. The highest BCUT2D eigenvalue weighted by Gasteiger charge is 2.08. The quantitative estimate of drug-likeness (QED) is 0.626. The van der Waals surface area contributed by atoms with E-state index in [1.807, 2.05) is 19.1 Å². The Balaban J connectivity index is 2.42. The molecule has 0 amide bonds. The molecule has 5 nitrogen and oxygen atoms in total. The van der Waals surface area contributed by atoms with E-state index in [4.69, 9.17) is 10.8 Å². The van der Waals surface area contributed by atoms with Crippen molar-refractivity contribution in [1.29, 1.82) is 0 Å². The third-order valence-corrected chi connectivity index (χ3v) is 1.94. The fraction of sp³-hybridized carbons (Fsp3) is 0.556. The monoisotopic (exact) mass is 196 g/mol. The molecular weight excluding hydrogens is 180 g/mol. The summed E-state index contributed by atoms with van der Waals surface area (Å²) in [6.07, 6.45) is -0.527. The summed E-state index contributed by atoms with van der Waals surface area (Å²) >= 11 is 0. The van der Waals surface area contributed by atoms with E-state index in [0.29, 0.717) is 12.4 Å². The van der Waals surface area contributed by atoms with E-state index in [2.05, 4.69) is 15.5 Å². The van der Waals surface area contributed by atoms with Gasteiger partial charge in [0.1, 0.15) is 5.82 Å². The van der Waals surface area contributed by atoms with E-state index >= 15 is 0 Å². The molecule has 0 aliphatic heterocycles. The van der Waals surface area contributed by atoms with E-state index in [9.17, 15) is 0 Å². The highest BCUT2D eigenvalue weighted by atomic mass is 16.3. The maximum absolute atomic E-state index is 9.14. The Labute approximate surface area is 83.3 Å². The molecule has 0 fully saturated rings. The summed E-state index contributed by atoms with van der Waals surface area (Å²) < 4.78 is 0. The van der Waals surface area contributed by atoms with Gasteiger partial charge < -0.3 is 16.2 Å². The maximum Gasteiger partial charge on any atom is 0.148 e. The molecule has 0 saturated heterocycles. The van der Waals surface area contributed by atoms with Gasteiger partial charge in [0, 0.05) is 12.6 Å². The van der Waals surface area contributed by atoms with Gasteiger partial charge in [0.2, 0.25) is 0 Å². The lowest BCUT2D eigenvalue weighted by molar-refractivity contribution is 0.168. The molecule has 1 aromatic rings. The van der Waals surface area contributed by atoms with Gasteiger partial charge in [-0.05, 0) is 26.0 Å². The molecule has 0 spiro atoms. The van der Waals surface area contributed by atoms with Crippen LogP contribution in [0.1, 0.15) is 12.6 Å². The first-order chi connectivity index (χ1) is 6.59. The lowest BCUT2D eigenvalue weighted by Crippen LogP contribution is -2.38. The number of nitrogens with two attached hydrogens (primary N) is 1. The molecule has 0 aliphatic carbocycles. The van der Waals surface area contributed by atoms with Gasteiger partial charge in [-0.25, -0.2) is 0 Å². The van der Waals surface area contributed by atoms with Crippen LogP contribution < -0.4 is 11.1 Å². The zero-order chi connectivity index (χ0) is 10.6. The first-order valence-corrected chi connectivity index (χ1v) is 4.57. The Morgan fingerprint density at radius 1 is 1.50 bits per heavy atom. The summed E-state index contributed by atoms with van der Waals surface area (Å²) in [5.74, 6) is 0.673. The lowest BCUT2D eigenvalue weighted by Gasteiger charge is -2.15. The van der Waals surface area contributed by atoms with Crippen LogP contribution in [0.5, 0.6) is 0 Å². The molecule has 78 valence electrons. The van der Waals surface area contributed by atoms with Gasteiger partial charge in [0.25, 0.3) is 0 Å². The highest BCUT2D eigenvalue weighted by Crippen LogP contribution is 2.01. The summed E-state index contributed by atoms with van der Waals surface area (Å²) in [4.78, 5) is 0. The van der Waals surface area contributed by atoms with Gasteiger partial charge in [0.15, 0.2) is 0 Å². The molecular formula is C9H16N4O. The van der Waals surface area contributed by atoms with Crippen LogP contribution in [0.2, 0.25) is 0 Å². The van der Waals surface area contributed by atoms with Gasteiger partial charge in [-0.1, -0.05) is 0 Å². The number of aliphatic hydroxyl groups is 1. The fourth-order valence-electron chi connectivity index (χ4n) is 0.886. The highest BCUT2D eigenvalue weighted by molar-refractivity contribution is 5.32. The van der Waals surface area contributed by atoms with Crippen molar-refractivity contribution in [3.05, 3.63) is 17.8 Å². The maximum atomic E-state index is 9.14. The summed E-state index contributed by atoms with van der Waals surface area (Å²) in [6.45, 7) is 4.01. The third kappa shape index (κ3) is 3.27. The second-order valence-electron chi connectivity index (χ2n) is 3.35. The van der Waals surface area contributed by atoms with Crippen LogP contribution in [0.3, 0.4) is 0 Å². The zero-order valence-corrected chi connectivity index (χ0v) is 8.44. The first kappa shape index (κ1) is 10.9. The van der Waals surface area contributed by atoms with Crippen LogP contribution in [-0.4, -0.2) is 34.0 Å². The number of hydrogen-bond acceptors (Lipinski definition) is 5. The molecule has 14 heavy (non-hydrogen) atoms. The van der Waals surface area contributed by atoms with Gasteiger partial charge in [-0.15, -0.1) is 5.10 Å². The van der Waals surface area contributed by atoms with Crippen molar-refractivity contribution >= 4 is 5.82 Å². The second kappa shape index (κ2) is 4.88. The van der Waals surface area contributed by atoms with E-state index in [1.165, 1.54) is 0 Å². The molecule has 1 heterocycles. The standard InChI is InChI=1S/C9H16N4O/c1-6-3-4-9(13-12-6)11-5-8(10)7(2)14/h3-4,7-8,14H,5,10H2,1-2H3,(H,11,13). The minimum Gasteiger partial charge on any atom is -0.392 e. The van der Waals surface area contributed by atoms with Crippen molar-refractivity contribution in [2.75, 3.05) is 11.9 Å². The SMILES string of the molecule is Cc1ccc(NCC(N)C(C)O)nn1. The molecule has 5 heteroatoms. The minimum atomic E-state index is -0.527. The Kier molecular flexibility index (Phi) is 3.79. The molecule has 0 aliphatic rings. The summed E-state index contributed by atoms with van der Waals surface area (Å²) in [7, 11) is 0. The summed E-state index contributed by atoms with van der Waals surface area (Å²) in [5, 5.41) is 19.9. The molecule has 0 aromatic carbocycles. The van der Waals surface area contributed by atoms with E-state index in [0.717, 1.165) is 5.69 Å². The van der Waals surface area contributed by atoms with E-state index in [1.54, 1.807) is 6.92 Å². The van der Waals surface area contributed by atoms with Crippen molar-refractivity contribution in [2.45, 2.75) is 26.0 Å². The summed E-state index contributed by atoms with van der Waals surface area (Å²) in [6, 6.07) is 3.40. The molecule has 2 unspecified atom stereocenters. The smallest absolute Gasteiger partial charge is 0.148 e. The van der Waals surface area contributed by atoms with Crippen molar-refractivity contribution in [2.24, 2.45) is 5.73 Å². The van der Waals surface area contributed by atoms with Crippen LogP contribution >= 0.6 is 0 Å². The number of anilines is 1. The number of aliphatic hydroxyl groups excluding tert-OH is 1. The number of rotatable bonds is 4. The zero-order valence-electron chi connectivity index (χ0n) is 8.44. The largest absolute Gasteiger partial charge is 0.392 e. The predicted molar refractivity (Wildman–Crippen MR) is 54.9 cm³/mol. The molecule has 0 saturated carbocycles. The van der Waals surface area contributed by atoms with Crippen LogP contribution in [0.25, 0.3) is 0 Å². The third-order valence-electron chi connectivity index (χ3n) is 1.94. The van der Waals surface area contributed by atoms with Crippen molar-refractivity contribution in [3.63, 3.8) is 0 Å². The first-order valence-electron chi connectivity index (χ1n) is 4.57. The Morgan fingerprint density at radius 2 is 2.21 bits per heavy atom. The average molecular weight is 196 g/mol. The second-order valence-corrected chi connectivity index (χ2v) is 3.35. The molecule has 1 aromatic heterocycles. The van der Waals surface area contributed by atoms with E-state index in [-0.39, 0.29) is 6.04 Å². The number of nitrogens with one attached hydrogen (secondary N) is 1. The van der Waals surface area contributed by atoms with Crippen molar-refractivity contribution < 1.29 is 5.11 Å². The Bertz CT molecular complexity index is 273. The topological polar surface area (TPSA) is 84.1 Å². The number of aromatic nitrogens is 2. The van der Waals surface area contributed by atoms with Crippen LogP contribution in [0, 0.1) is 6.92 Å². The van der Waals surface area contributed by atoms with Gasteiger partial charge >= 0.3 is 0 Å². The lowest BCUT2D eigenvalue weighted by atomic mass is 10.2. The molecule has 4 N–H and O–H groups in total. The number of aryl methyl sites for hydroxylation is 1. The van der Waals surface area contributed by atoms with Crippen molar-refractivity contribution in [1.82, 2.24) is 10.2 Å². The van der Waals surface area contributed by atoms with Crippen LogP contribution in [-0.2, 0) is 0 Å². The Hall–Kier alpha value is -1.20. The fourth-order valence-corrected chi connectivity index (χ4v) is 0.886. The van der Waals surface area contributed by atoms with Gasteiger partial charge in [-0.3, -0.25) is 0 Å². The van der Waals surface area contributed by atoms with Gasteiger partial charge in [-0.2, -0.15) is 5.10 Å². The number of nitrogens with zero attached hydrogens (tertiary/aromatic N) is 2. The number of hydrogen-bond donors (Lipinski definition) is 3. The normalized spacial score (nSPS) is 14.9. The van der Waals surface area contributed by atoms with Gasteiger partial charge in [0.05, 0.1) is 11.8 Å². The Morgan fingerprint density at radius 3 is 2.71 bits per heavy atom. The molecule has 2 atom stereocenters.